The molecule has 23 heavy (non-hydrogen) atoms. The monoisotopic (exact) mass is 342 g/mol. The molecule has 1 aliphatic rings. The summed E-state index contributed by atoms with van der Waals surface area (Å²) in [5, 5.41) is 1.64. The maximum atomic E-state index is 13.7. The van der Waals surface area contributed by atoms with Gasteiger partial charge in [0.25, 0.3) is 5.91 Å². The highest BCUT2D eigenvalue weighted by Crippen LogP contribution is 2.21. The zero-order valence-electron chi connectivity index (χ0n) is 12.8. The van der Waals surface area contributed by atoms with Crippen molar-refractivity contribution < 1.29 is 22.4 Å². The van der Waals surface area contributed by atoms with Gasteiger partial charge in [0.05, 0.1) is 10.8 Å². The van der Waals surface area contributed by atoms with Gasteiger partial charge in [-0.2, -0.15) is 0 Å². The zero-order valence-corrected chi connectivity index (χ0v) is 13.6. The molecule has 8 heteroatoms. The third-order valence-electron chi connectivity index (χ3n) is 3.95. The van der Waals surface area contributed by atoms with Crippen LogP contribution in [0.4, 0.5) is 4.39 Å². The van der Waals surface area contributed by atoms with E-state index >= 15 is 0 Å². The highest BCUT2D eigenvalue weighted by molar-refractivity contribution is 7.92. The average molecular weight is 342 g/mol. The van der Waals surface area contributed by atoms with Crippen molar-refractivity contribution in [2.24, 2.45) is 0 Å². The second-order valence-electron chi connectivity index (χ2n) is 5.45. The molecule has 1 saturated heterocycles. The zero-order chi connectivity index (χ0) is 17.0. The topological polar surface area (TPSA) is 83.6 Å². The van der Waals surface area contributed by atoms with Crippen LogP contribution in [0.25, 0.3) is 0 Å². The van der Waals surface area contributed by atoms with Crippen molar-refractivity contribution in [3.05, 3.63) is 35.6 Å². The Bertz CT molecular complexity index is 697. The Hall–Kier alpha value is -1.96. The Labute approximate surface area is 134 Å². The maximum Gasteiger partial charge on any atom is 0.256 e. The largest absolute Gasteiger partial charge is 0.358 e. The Kier molecular flexibility index (Phi) is 5.35. The highest BCUT2D eigenvalue weighted by Gasteiger charge is 2.33. The Morgan fingerprint density at radius 3 is 2.43 bits per heavy atom. The van der Waals surface area contributed by atoms with Crippen LogP contribution >= 0.6 is 0 Å². The highest BCUT2D eigenvalue weighted by atomic mass is 32.2. The first-order chi connectivity index (χ1) is 10.8. The van der Waals surface area contributed by atoms with Crippen LogP contribution in [0, 0.1) is 5.82 Å². The molecule has 0 radical (unpaired) electrons. The van der Waals surface area contributed by atoms with E-state index in [1.54, 1.807) is 6.07 Å². The van der Waals surface area contributed by atoms with Gasteiger partial charge in [-0.15, -0.1) is 0 Å². The van der Waals surface area contributed by atoms with Gasteiger partial charge < -0.3 is 10.2 Å². The number of carbonyl (C=O) groups is 2. The summed E-state index contributed by atoms with van der Waals surface area (Å²) in [5.41, 5.74) is -0.0147. The fourth-order valence-electron chi connectivity index (χ4n) is 2.60. The minimum Gasteiger partial charge on any atom is -0.358 e. The molecular formula is C15H19FN2O4S. The molecule has 0 saturated carbocycles. The molecule has 1 fully saturated rings. The van der Waals surface area contributed by atoms with Gasteiger partial charge in [-0.1, -0.05) is 12.1 Å². The molecule has 2 amide bonds. The molecule has 0 unspecified atom stereocenters. The van der Waals surface area contributed by atoms with E-state index in [0.717, 1.165) is 0 Å². The number of nitrogens with zero attached hydrogens (tertiary/aromatic N) is 1. The number of benzene rings is 1. The third kappa shape index (κ3) is 4.07. The number of carbonyl (C=O) groups excluding carboxylic acids is 2. The fraction of sp³-hybridized carbons (Fsp3) is 0.467. The molecule has 1 aromatic rings. The van der Waals surface area contributed by atoms with Crippen LogP contribution in [0.3, 0.4) is 0 Å². The molecule has 1 N–H and O–H groups in total. The van der Waals surface area contributed by atoms with Crippen LogP contribution in [0.5, 0.6) is 0 Å². The summed E-state index contributed by atoms with van der Waals surface area (Å²) < 4.78 is 37.9. The Morgan fingerprint density at radius 2 is 1.87 bits per heavy atom. The minimum absolute atomic E-state index is 0.0147. The lowest BCUT2D eigenvalue weighted by molar-refractivity contribution is -0.118. The van der Waals surface area contributed by atoms with Crippen molar-refractivity contribution in [3.8, 4) is 0 Å². The van der Waals surface area contributed by atoms with E-state index < -0.39 is 38.5 Å². The number of nitrogens with one attached hydrogen (secondary N) is 1. The molecular weight excluding hydrogens is 323 g/mol. The molecule has 0 atom stereocenters. The Balaban J connectivity index is 2.00. The van der Waals surface area contributed by atoms with Gasteiger partial charge in [0.15, 0.2) is 9.84 Å². The van der Waals surface area contributed by atoms with E-state index in [1.807, 2.05) is 0 Å². The number of hydrogen-bond donors (Lipinski definition) is 1. The van der Waals surface area contributed by atoms with Crippen molar-refractivity contribution in [1.29, 1.82) is 0 Å². The maximum absolute atomic E-state index is 13.7. The molecule has 0 aromatic heterocycles. The summed E-state index contributed by atoms with van der Waals surface area (Å²) in [5.74, 6) is -2.12. The Morgan fingerprint density at radius 1 is 1.26 bits per heavy atom. The summed E-state index contributed by atoms with van der Waals surface area (Å²) >= 11 is 0. The van der Waals surface area contributed by atoms with Crippen molar-refractivity contribution >= 4 is 21.7 Å². The van der Waals surface area contributed by atoms with E-state index in [1.165, 1.54) is 30.1 Å². The molecule has 0 aliphatic carbocycles. The summed E-state index contributed by atoms with van der Waals surface area (Å²) in [6, 6.07) is 5.71. The number of rotatable bonds is 4. The van der Waals surface area contributed by atoms with E-state index in [2.05, 4.69) is 5.32 Å². The fourth-order valence-corrected chi connectivity index (χ4v) is 4.27. The molecule has 126 valence electrons. The normalized spacial score (nSPS) is 16.2. The average Bonchev–Trinajstić information content (AvgIpc) is 2.54. The van der Waals surface area contributed by atoms with Crippen LogP contribution in [0.1, 0.15) is 23.2 Å². The third-order valence-corrected chi connectivity index (χ3v) is 6.10. The lowest BCUT2D eigenvalue weighted by Gasteiger charge is -2.31. The predicted octanol–water partition coefficient (Wildman–Crippen LogP) is 0.591. The number of sulfone groups is 1. The van der Waals surface area contributed by atoms with Gasteiger partial charge >= 0.3 is 0 Å². The van der Waals surface area contributed by atoms with Crippen molar-refractivity contribution in [2.45, 2.75) is 18.1 Å². The molecule has 0 spiro atoms. The predicted molar refractivity (Wildman–Crippen MR) is 83.2 cm³/mol. The van der Waals surface area contributed by atoms with Gasteiger partial charge in [0.2, 0.25) is 5.91 Å². The summed E-state index contributed by atoms with van der Waals surface area (Å²) in [7, 11) is -2.16. The van der Waals surface area contributed by atoms with Crippen molar-refractivity contribution in [1.82, 2.24) is 10.2 Å². The van der Waals surface area contributed by atoms with Gasteiger partial charge in [-0.05, 0) is 25.0 Å². The second-order valence-corrected chi connectivity index (χ2v) is 7.73. The molecule has 2 rings (SSSR count). The van der Waals surface area contributed by atoms with Gasteiger partial charge in [-0.25, -0.2) is 12.8 Å². The number of amides is 2. The van der Waals surface area contributed by atoms with Crippen molar-refractivity contribution in [2.75, 3.05) is 25.9 Å². The first-order valence-electron chi connectivity index (χ1n) is 7.31. The van der Waals surface area contributed by atoms with E-state index in [4.69, 9.17) is 0 Å². The van der Waals surface area contributed by atoms with Crippen LogP contribution < -0.4 is 5.32 Å². The molecule has 0 bridgehead atoms. The van der Waals surface area contributed by atoms with E-state index in [0.29, 0.717) is 0 Å². The minimum atomic E-state index is -3.54. The van der Waals surface area contributed by atoms with Crippen LogP contribution in [-0.2, 0) is 14.6 Å². The number of likely N-dealkylation sites (tertiary alicyclic amines) is 1. The molecule has 1 heterocycles. The quantitative estimate of drug-likeness (QED) is 0.868. The van der Waals surface area contributed by atoms with E-state index in [-0.39, 0.29) is 31.5 Å². The lowest BCUT2D eigenvalue weighted by Crippen LogP contribution is -2.44. The summed E-state index contributed by atoms with van der Waals surface area (Å²) in [6.45, 7) is 0.454. The van der Waals surface area contributed by atoms with Gasteiger partial charge in [-0.3, -0.25) is 9.59 Å². The first kappa shape index (κ1) is 17.4. The number of hydrogen-bond acceptors (Lipinski definition) is 4. The molecule has 1 aromatic carbocycles. The lowest BCUT2D eigenvalue weighted by atomic mass is 10.1. The smallest absolute Gasteiger partial charge is 0.256 e. The first-order valence-corrected chi connectivity index (χ1v) is 9.02. The van der Waals surface area contributed by atoms with Gasteiger partial charge in [0.1, 0.15) is 11.6 Å². The van der Waals surface area contributed by atoms with Crippen LogP contribution in [0.2, 0.25) is 0 Å². The number of piperidine rings is 1. The second kappa shape index (κ2) is 7.08. The van der Waals surface area contributed by atoms with E-state index in [9.17, 15) is 22.4 Å². The number of halogens is 1. The molecule has 6 nitrogen and oxygen atoms in total. The summed E-state index contributed by atoms with van der Waals surface area (Å²) in [4.78, 5) is 25.0. The molecule has 1 aliphatic heterocycles. The van der Waals surface area contributed by atoms with Gasteiger partial charge in [0, 0.05) is 20.1 Å². The SMILES string of the molecule is CNC(=O)CS(=O)(=O)C1CCN(C(=O)c2ccccc2F)CC1. The standard InChI is InChI=1S/C15H19FN2O4S/c1-17-14(19)10-23(21,22)11-6-8-18(9-7-11)15(20)12-4-2-3-5-13(12)16/h2-5,11H,6-10H2,1H3,(H,17,19). The van der Waals surface area contributed by atoms with Crippen LogP contribution in [-0.4, -0.2) is 56.3 Å². The summed E-state index contributed by atoms with van der Waals surface area (Å²) in [6.07, 6.45) is 0.499. The van der Waals surface area contributed by atoms with Crippen LogP contribution in [0.15, 0.2) is 24.3 Å². The van der Waals surface area contributed by atoms with Crippen molar-refractivity contribution in [3.63, 3.8) is 0 Å².